The van der Waals surface area contributed by atoms with Gasteiger partial charge in [0.1, 0.15) is 0 Å². The van der Waals surface area contributed by atoms with Crippen LogP contribution in [-0.2, 0) is 0 Å². The fourth-order valence-corrected chi connectivity index (χ4v) is 1.95. The molecule has 0 saturated carbocycles. The molecule has 0 radical (unpaired) electrons. The lowest BCUT2D eigenvalue weighted by atomic mass is 9.99. The molecule has 78 valence electrons. The second kappa shape index (κ2) is 5.49. The molecular weight excluding hydrogens is 242 g/mol. The Hall–Kier alpha value is -0.380. The van der Waals surface area contributed by atoms with Crippen LogP contribution >= 0.6 is 15.9 Å². The molecule has 14 heavy (non-hydrogen) atoms. The molecule has 0 heterocycles. The molecule has 2 N–H and O–H groups in total. The lowest BCUT2D eigenvalue weighted by molar-refractivity contribution is 0.268. The zero-order valence-electron chi connectivity index (χ0n) is 8.55. The molecule has 0 aliphatic rings. The standard InChI is InChI=1S/C11H16BrNO/c1-8-3-4-9(12)7-10(8)11(13-2)5-6-14/h3-4,7,11,13-14H,5-6H2,1-2H3. The smallest absolute Gasteiger partial charge is 0.0449 e. The van der Waals surface area contributed by atoms with Crippen LogP contribution in [-0.4, -0.2) is 18.8 Å². The van der Waals surface area contributed by atoms with E-state index in [0.717, 1.165) is 10.9 Å². The van der Waals surface area contributed by atoms with Gasteiger partial charge in [-0.15, -0.1) is 0 Å². The van der Waals surface area contributed by atoms with Crippen LogP contribution in [0.4, 0.5) is 0 Å². The van der Waals surface area contributed by atoms with Crippen LogP contribution < -0.4 is 5.32 Å². The monoisotopic (exact) mass is 257 g/mol. The first-order valence-electron chi connectivity index (χ1n) is 4.73. The van der Waals surface area contributed by atoms with Crippen LogP contribution in [0, 0.1) is 6.92 Å². The molecule has 1 aromatic carbocycles. The number of nitrogens with one attached hydrogen (secondary N) is 1. The van der Waals surface area contributed by atoms with E-state index in [1.165, 1.54) is 11.1 Å². The second-order valence-corrected chi connectivity index (χ2v) is 4.27. The Morgan fingerprint density at radius 3 is 2.79 bits per heavy atom. The summed E-state index contributed by atoms with van der Waals surface area (Å²) in [6.45, 7) is 2.29. The van der Waals surface area contributed by atoms with E-state index in [0.29, 0.717) is 0 Å². The summed E-state index contributed by atoms with van der Waals surface area (Å²) in [6, 6.07) is 6.45. The first kappa shape index (κ1) is 11.7. The summed E-state index contributed by atoms with van der Waals surface area (Å²) in [5.74, 6) is 0. The van der Waals surface area contributed by atoms with Crippen molar-refractivity contribution in [1.29, 1.82) is 0 Å². The number of hydrogen-bond acceptors (Lipinski definition) is 2. The fraction of sp³-hybridized carbons (Fsp3) is 0.455. The lowest BCUT2D eigenvalue weighted by Gasteiger charge is -2.18. The topological polar surface area (TPSA) is 32.3 Å². The van der Waals surface area contributed by atoms with Gasteiger partial charge in [-0.25, -0.2) is 0 Å². The fourth-order valence-electron chi connectivity index (χ4n) is 1.57. The highest BCUT2D eigenvalue weighted by molar-refractivity contribution is 9.10. The Bertz CT molecular complexity index is 301. The van der Waals surface area contributed by atoms with Crippen molar-refractivity contribution in [2.24, 2.45) is 0 Å². The highest BCUT2D eigenvalue weighted by Crippen LogP contribution is 2.23. The Labute approximate surface area is 93.5 Å². The van der Waals surface area contributed by atoms with Crippen molar-refractivity contribution < 1.29 is 5.11 Å². The maximum Gasteiger partial charge on any atom is 0.0449 e. The van der Waals surface area contributed by atoms with E-state index in [1.54, 1.807) is 0 Å². The number of benzene rings is 1. The second-order valence-electron chi connectivity index (χ2n) is 3.35. The molecular formula is C11H16BrNO. The van der Waals surface area contributed by atoms with Crippen LogP contribution in [0.2, 0.25) is 0 Å². The van der Waals surface area contributed by atoms with E-state index in [9.17, 15) is 0 Å². The third-order valence-corrected chi connectivity index (χ3v) is 2.88. The largest absolute Gasteiger partial charge is 0.396 e. The molecule has 0 fully saturated rings. The van der Waals surface area contributed by atoms with Crippen LogP contribution in [0.25, 0.3) is 0 Å². The van der Waals surface area contributed by atoms with Crippen molar-refractivity contribution in [3.8, 4) is 0 Å². The van der Waals surface area contributed by atoms with Crippen LogP contribution in [0.15, 0.2) is 22.7 Å². The van der Waals surface area contributed by atoms with Crippen molar-refractivity contribution in [2.75, 3.05) is 13.7 Å². The summed E-state index contributed by atoms with van der Waals surface area (Å²) >= 11 is 3.45. The minimum absolute atomic E-state index is 0.206. The summed E-state index contributed by atoms with van der Waals surface area (Å²) in [7, 11) is 1.92. The van der Waals surface area contributed by atoms with Crippen LogP contribution in [0.3, 0.4) is 0 Å². The van der Waals surface area contributed by atoms with Gasteiger partial charge in [0.2, 0.25) is 0 Å². The van der Waals surface area contributed by atoms with E-state index in [1.807, 2.05) is 13.1 Å². The van der Waals surface area contributed by atoms with Gasteiger partial charge in [-0.3, -0.25) is 0 Å². The molecule has 0 saturated heterocycles. The Morgan fingerprint density at radius 1 is 1.50 bits per heavy atom. The predicted octanol–water partition coefficient (Wildman–Crippen LogP) is 2.40. The van der Waals surface area contributed by atoms with Gasteiger partial charge in [-0.1, -0.05) is 22.0 Å². The SMILES string of the molecule is CNC(CCO)c1cc(Br)ccc1C. The Kier molecular flexibility index (Phi) is 4.58. The van der Waals surface area contributed by atoms with Crippen molar-refractivity contribution in [3.05, 3.63) is 33.8 Å². The minimum atomic E-state index is 0.206. The first-order chi connectivity index (χ1) is 6.69. The van der Waals surface area contributed by atoms with Crippen molar-refractivity contribution >= 4 is 15.9 Å². The number of halogens is 1. The van der Waals surface area contributed by atoms with E-state index < -0.39 is 0 Å². The van der Waals surface area contributed by atoms with Gasteiger partial charge in [0, 0.05) is 17.1 Å². The van der Waals surface area contributed by atoms with Gasteiger partial charge in [0.05, 0.1) is 0 Å². The minimum Gasteiger partial charge on any atom is -0.396 e. The molecule has 1 rings (SSSR count). The van der Waals surface area contributed by atoms with Crippen LogP contribution in [0.5, 0.6) is 0 Å². The molecule has 0 aromatic heterocycles. The van der Waals surface area contributed by atoms with Crippen molar-refractivity contribution in [2.45, 2.75) is 19.4 Å². The van der Waals surface area contributed by atoms with Gasteiger partial charge in [-0.05, 0) is 43.7 Å². The summed E-state index contributed by atoms with van der Waals surface area (Å²) in [4.78, 5) is 0. The number of rotatable bonds is 4. The van der Waals surface area contributed by atoms with Gasteiger partial charge in [0.15, 0.2) is 0 Å². The molecule has 1 aromatic rings. The van der Waals surface area contributed by atoms with Crippen molar-refractivity contribution in [3.63, 3.8) is 0 Å². The number of aryl methyl sites for hydroxylation is 1. The lowest BCUT2D eigenvalue weighted by Crippen LogP contribution is -2.18. The molecule has 3 heteroatoms. The van der Waals surface area contributed by atoms with Gasteiger partial charge in [0.25, 0.3) is 0 Å². The zero-order valence-corrected chi connectivity index (χ0v) is 10.1. The third kappa shape index (κ3) is 2.80. The van der Waals surface area contributed by atoms with E-state index in [-0.39, 0.29) is 12.6 Å². The van der Waals surface area contributed by atoms with E-state index in [4.69, 9.17) is 5.11 Å². The summed E-state index contributed by atoms with van der Waals surface area (Å²) in [6.07, 6.45) is 0.744. The third-order valence-electron chi connectivity index (χ3n) is 2.38. The molecule has 0 bridgehead atoms. The molecule has 1 unspecified atom stereocenters. The highest BCUT2D eigenvalue weighted by atomic mass is 79.9. The summed E-state index contributed by atoms with van der Waals surface area (Å²) in [5, 5.41) is 12.1. The number of hydrogen-bond donors (Lipinski definition) is 2. The average molecular weight is 258 g/mol. The molecule has 0 amide bonds. The molecule has 0 spiro atoms. The van der Waals surface area contributed by atoms with Crippen LogP contribution in [0.1, 0.15) is 23.6 Å². The number of aliphatic hydroxyl groups excluding tert-OH is 1. The van der Waals surface area contributed by atoms with Gasteiger partial charge >= 0.3 is 0 Å². The summed E-state index contributed by atoms with van der Waals surface area (Å²) in [5.41, 5.74) is 2.50. The molecule has 2 nitrogen and oxygen atoms in total. The Balaban J connectivity index is 2.96. The quantitative estimate of drug-likeness (QED) is 0.869. The van der Waals surface area contributed by atoms with E-state index >= 15 is 0 Å². The highest BCUT2D eigenvalue weighted by Gasteiger charge is 2.10. The normalized spacial score (nSPS) is 12.9. The molecule has 1 atom stereocenters. The number of aliphatic hydroxyl groups is 1. The van der Waals surface area contributed by atoms with Crippen molar-refractivity contribution in [1.82, 2.24) is 5.32 Å². The maximum absolute atomic E-state index is 8.94. The zero-order chi connectivity index (χ0) is 10.6. The summed E-state index contributed by atoms with van der Waals surface area (Å²) < 4.78 is 1.08. The Morgan fingerprint density at radius 2 is 2.21 bits per heavy atom. The average Bonchev–Trinajstić information content (AvgIpc) is 2.18. The molecule has 0 aliphatic heterocycles. The first-order valence-corrected chi connectivity index (χ1v) is 5.52. The van der Waals surface area contributed by atoms with Gasteiger partial charge in [-0.2, -0.15) is 0 Å². The van der Waals surface area contributed by atoms with E-state index in [2.05, 4.69) is 40.3 Å². The molecule has 0 aliphatic carbocycles. The predicted molar refractivity (Wildman–Crippen MR) is 62.4 cm³/mol. The maximum atomic E-state index is 8.94. The van der Waals surface area contributed by atoms with Gasteiger partial charge < -0.3 is 10.4 Å².